The first-order valence-electron chi connectivity index (χ1n) is 5.61. The Morgan fingerprint density at radius 1 is 1.16 bits per heavy atom. The second-order valence-electron chi connectivity index (χ2n) is 4.09. The predicted molar refractivity (Wildman–Crippen MR) is 69.9 cm³/mol. The Labute approximate surface area is 109 Å². The molecule has 0 bridgehead atoms. The summed E-state index contributed by atoms with van der Waals surface area (Å²) in [6.07, 6.45) is 0. The molecule has 19 heavy (non-hydrogen) atoms. The summed E-state index contributed by atoms with van der Waals surface area (Å²) in [5, 5.41) is 2.46. The van der Waals surface area contributed by atoms with Crippen molar-refractivity contribution in [1.82, 2.24) is 0 Å². The van der Waals surface area contributed by atoms with E-state index < -0.39 is 23.1 Å². The van der Waals surface area contributed by atoms with E-state index in [1.54, 1.807) is 31.2 Å². The first-order chi connectivity index (χ1) is 9.00. The smallest absolute Gasteiger partial charge is 0.261 e. The molecule has 3 N–H and O–H groups in total. The van der Waals surface area contributed by atoms with Crippen LogP contribution in [0.15, 0.2) is 36.4 Å². The summed E-state index contributed by atoms with van der Waals surface area (Å²) in [6, 6.07) is 8.98. The number of carbonyl (C=O) groups is 1. The molecule has 0 spiro atoms. The lowest BCUT2D eigenvalue weighted by Gasteiger charge is -2.10. The molecule has 2 aromatic rings. The van der Waals surface area contributed by atoms with E-state index in [1.165, 1.54) is 0 Å². The minimum absolute atomic E-state index is 0.267. The fourth-order valence-corrected chi connectivity index (χ4v) is 1.67. The number of benzene rings is 2. The molecule has 0 aromatic heterocycles. The molecule has 3 nitrogen and oxygen atoms in total. The van der Waals surface area contributed by atoms with Crippen molar-refractivity contribution in [1.29, 1.82) is 0 Å². The Bertz CT molecular complexity index is 641. The van der Waals surface area contributed by atoms with Gasteiger partial charge in [-0.3, -0.25) is 4.79 Å². The molecule has 0 saturated heterocycles. The third-order valence-corrected chi connectivity index (χ3v) is 2.74. The number of hydrogen-bond donors (Lipinski definition) is 2. The summed E-state index contributed by atoms with van der Waals surface area (Å²) in [6.45, 7) is 1.78. The van der Waals surface area contributed by atoms with Gasteiger partial charge in [0.2, 0.25) is 0 Å². The molecule has 0 aliphatic carbocycles. The zero-order valence-corrected chi connectivity index (χ0v) is 10.2. The Hall–Kier alpha value is -2.43. The summed E-state index contributed by atoms with van der Waals surface area (Å²) >= 11 is 0. The largest absolute Gasteiger partial charge is 0.396 e. The molecule has 0 aliphatic heterocycles. The number of para-hydroxylation sites is 1. The highest BCUT2D eigenvalue weighted by Gasteiger charge is 2.19. The number of amides is 1. The van der Waals surface area contributed by atoms with Crippen LogP contribution in [0, 0.1) is 18.6 Å². The van der Waals surface area contributed by atoms with Gasteiger partial charge in [0.25, 0.3) is 5.91 Å². The van der Waals surface area contributed by atoms with Gasteiger partial charge >= 0.3 is 0 Å². The summed E-state index contributed by atoms with van der Waals surface area (Å²) < 4.78 is 27.2. The maximum absolute atomic E-state index is 13.7. The van der Waals surface area contributed by atoms with Crippen molar-refractivity contribution in [2.24, 2.45) is 0 Å². The predicted octanol–water partition coefficient (Wildman–Crippen LogP) is 3.11. The molecular formula is C14H12F2N2O. The zero-order chi connectivity index (χ0) is 14.0. The SMILES string of the molecule is Cc1ccccc1NC(=O)c1c(F)ccc(N)c1F. The monoisotopic (exact) mass is 262 g/mol. The van der Waals surface area contributed by atoms with Gasteiger partial charge in [-0.15, -0.1) is 0 Å². The molecule has 0 radical (unpaired) electrons. The summed E-state index contributed by atoms with van der Waals surface area (Å²) in [5.41, 5.74) is 5.67. The van der Waals surface area contributed by atoms with Gasteiger partial charge in [-0.2, -0.15) is 0 Å². The van der Waals surface area contributed by atoms with Crippen LogP contribution in [0.1, 0.15) is 15.9 Å². The van der Waals surface area contributed by atoms with E-state index in [0.717, 1.165) is 17.7 Å². The minimum atomic E-state index is -1.05. The number of hydrogen-bond acceptors (Lipinski definition) is 2. The summed E-state index contributed by atoms with van der Waals surface area (Å²) in [4.78, 5) is 11.9. The van der Waals surface area contributed by atoms with Crippen molar-refractivity contribution in [3.63, 3.8) is 0 Å². The standard InChI is InChI=1S/C14H12F2N2O/c1-8-4-2-3-5-11(8)18-14(19)12-9(15)6-7-10(17)13(12)16/h2-7H,17H2,1H3,(H,18,19). The highest BCUT2D eigenvalue weighted by atomic mass is 19.1. The molecule has 0 heterocycles. The number of nitrogens with one attached hydrogen (secondary N) is 1. The van der Waals surface area contributed by atoms with Crippen LogP contribution in [0.4, 0.5) is 20.2 Å². The lowest BCUT2D eigenvalue weighted by atomic mass is 10.1. The van der Waals surface area contributed by atoms with Gasteiger partial charge in [-0.05, 0) is 30.7 Å². The first-order valence-corrected chi connectivity index (χ1v) is 5.61. The molecule has 98 valence electrons. The lowest BCUT2D eigenvalue weighted by Crippen LogP contribution is -2.17. The van der Waals surface area contributed by atoms with E-state index in [4.69, 9.17) is 5.73 Å². The molecule has 1 amide bonds. The third-order valence-electron chi connectivity index (χ3n) is 2.74. The highest BCUT2D eigenvalue weighted by molar-refractivity contribution is 6.05. The highest BCUT2D eigenvalue weighted by Crippen LogP contribution is 2.21. The van der Waals surface area contributed by atoms with Gasteiger partial charge in [0.05, 0.1) is 5.69 Å². The Balaban J connectivity index is 2.36. The minimum Gasteiger partial charge on any atom is -0.396 e. The van der Waals surface area contributed by atoms with Crippen molar-refractivity contribution in [3.8, 4) is 0 Å². The van der Waals surface area contributed by atoms with Crippen LogP contribution in [-0.4, -0.2) is 5.91 Å². The number of halogens is 2. The van der Waals surface area contributed by atoms with Crippen LogP contribution in [0.5, 0.6) is 0 Å². The molecule has 0 atom stereocenters. The fraction of sp³-hybridized carbons (Fsp3) is 0.0714. The molecular weight excluding hydrogens is 250 g/mol. The van der Waals surface area contributed by atoms with Gasteiger partial charge in [0.15, 0.2) is 5.82 Å². The topological polar surface area (TPSA) is 55.1 Å². The molecule has 0 unspecified atom stereocenters. The van der Waals surface area contributed by atoms with Gasteiger partial charge in [-0.25, -0.2) is 8.78 Å². The van der Waals surface area contributed by atoms with E-state index >= 15 is 0 Å². The van der Waals surface area contributed by atoms with Gasteiger partial charge in [0.1, 0.15) is 11.4 Å². The van der Waals surface area contributed by atoms with Crippen LogP contribution in [-0.2, 0) is 0 Å². The van der Waals surface area contributed by atoms with Crippen LogP contribution >= 0.6 is 0 Å². The van der Waals surface area contributed by atoms with Gasteiger partial charge < -0.3 is 11.1 Å². The van der Waals surface area contributed by atoms with Crippen molar-refractivity contribution < 1.29 is 13.6 Å². The maximum atomic E-state index is 13.7. The quantitative estimate of drug-likeness (QED) is 0.817. The number of carbonyl (C=O) groups excluding carboxylic acids is 1. The average Bonchev–Trinajstić information content (AvgIpc) is 2.37. The Kier molecular flexibility index (Phi) is 3.46. The van der Waals surface area contributed by atoms with Crippen molar-refractivity contribution >= 4 is 17.3 Å². The van der Waals surface area contributed by atoms with Crippen molar-refractivity contribution in [2.45, 2.75) is 6.92 Å². The van der Waals surface area contributed by atoms with Crippen LogP contribution in [0.3, 0.4) is 0 Å². The van der Waals surface area contributed by atoms with Crippen LogP contribution in [0.25, 0.3) is 0 Å². The maximum Gasteiger partial charge on any atom is 0.261 e. The second-order valence-corrected chi connectivity index (χ2v) is 4.09. The van der Waals surface area contributed by atoms with E-state index in [1.807, 2.05) is 0 Å². The number of aryl methyl sites for hydroxylation is 1. The van der Waals surface area contributed by atoms with E-state index in [2.05, 4.69) is 5.32 Å². The Morgan fingerprint density at radius 3 is 2.53 bits per heavy atom. The van der Waals surface area contributed by atoms with Crippen molar-refractivity contribution in [2.75, 3.05) is 11.1 Å². The van der Waals surface area contributed by atoms with Crippen LogP contribution < -0.4 is 11.1 Å². The van der Waals surface area contributed by atoms with E-state index in [-0.39, 0.29) is 5.69 Å². The first kappa shape index (κ1) is 13.0. The number of nitrogen functional groups attached to an aromatic ring is 1. The second kappa shape index (κ2) is 5.06. The molecule has 0 fully saturated rings. The van der Waals surface area contributed by atoms with Crippen LogP contribution in [0.2, 0.25) is 0 Å². The summed E-state index contributed by atoms with van der Waals surface area (Å²) in [5.74, 6) is -2.86. The Morgan fingerprint density at radius 2 is 1.84 bits per heavy atom. The number of nitrogens with two attached hydrogens (primary N) is 1. The fourth-order valence-electron chi connectivity index (χ4n) is 1.67. The normalized spacial score (nSPS) is 10.3. The molecule has 2 aromatic carbocycles. The lowest BCUT2D eigenvalue weighted by molar-refractivity contribution is 0.101. The molecule has 0 saturated carbocycles. The molecule has 5 heteroatoms. The summed E-state index contributed by atoms with van der Waals surface area (Å²) in [7, 11) is 0. The third kappa shape index (κ3) is 2.54. The number of anilines is 2. The zero-order valence-electron chi connectivity index (χ0n) is 10.2. The van der Waals surface area contributed by atoms with Gasteiger partial charge in [0, 0.05) is 5.69 Å². The van der Waals surface area contributed by atoms with E-state index in [0.29, 0.717) is 5.69 Å². The molecule has 2 rings (SSSR count). The van der Waals surface area contributed by atoms with Crippen molar-refractivity contribution in [3.05, 3.63) is 59.2 Å². The molecule has 0 aliphatic rings. The number of rotatable bonds is 2. The average molecular weight is 262 g/mol. The van der Waals surface area contributed by atoms with E-state index in [9.17, 15) is 13.6 Å². The van der Waals surface area contributed by atoms with Gasteiger partial charge in [-0.1, -0.05) is 18.2 Å².